The fraction of sp³-hybridized carbons (Fsp3) is 0.611. The smallest absolute Gasteiger partial charge is 0.224 e. The molecular formula is C18H28BrClN2O3. The van der Waals surface area contributed by atoms with Crippen LogP contribution in [0.5, 0.6) is 11.5 Å². The summed E-state index contributed by atoms with van der Waals surface area (Å²) in [5, 5.41) is 6.54. The van der Waals surface area contributed by atoms with Crippen molar-refractivity contribution in [3.05, 3.63) is 22.2 Å². The van der Waals surface area contributed by atoms with Crippen LogP contribution in [-0.4, -0.2) is 37.7 Å². The standard InChI is InChI=1S/C18H27BrN2O3.ClH/c1-4-23-16-9-13(14(19)11-17(16)24-5-2)10-18(22)21-15-7-6-8-20-12(15)3;/h9,11-12,15,20H,4-8,10H2,1-3H3,(H,21,22);1H. The second kappa shape index (κ2) is 10.9. The highest BCUT2D eigenvalue weighted by Gasteiger charge is 2.23. The van der Waals surface area contributed by atoms with Crippen molar-refractivity contribution in [2.24, 2.45) is 0 Å². The molecule has 1 fully saturated rings. The maximum Gasteiger partial charge on any atom is 0.224 e. The van der Waals surface area contributed by atoms with Gasteiger partial charge in [-0.3, -0.25) is 4.79 Å². The molecule has 2 unspecified atom stereocenters. The maximum atomic E-state index is 12.4. The fourth-order valence-corrected chi connectivity index (χ4v) is 3.38. The van der Waals surface area contributed by atoms with E-state index < -0.39 is 0 Å². The first-order valence-corrected chi connectivity index (χ1v) is 9.45. The van der Waals surface area contributed by atoms with Gasteiger partial charge in [0.15, 0.2) is 11.5 Å². The Morgan fingerprint density at radius 1 is 1.28 bits per heavy atom. The first-order chi connectivity index (χ1) is 11.5. The lowest BCUT2D eigenvalue weighted by Gasteiger charge is -2.30. The van der Waals surface area contributed by atoms with Crippen LogP contribution in [0, 0.1) is 0 Å². The summed E-state index contributed by atoms with van der Waals surface area (Å²) in [4.78, 5) is 12.4. The molecule has 5 nitrogen and oxygen atoms in total. The highest BCUT2D eigenvalue weighted by Crippen LogP contribution is 2.34. The average Bonchev–Trinajstić information content (AvgIpc) is 2.54. The molecule has 142 valence electrons. The summed E-state index contributed by atoms with van der Waals surface area (Å²) in [6.07, 6.45) is 2.43. The van der Waals surface area contributed by atoms with Crippen LogP contribution in [0.3, 0.4) is 0 Å². The van der Waals surface area contributed by atoms with Crippen molar-refractivity contribution in [3.8, 4) is 11.5 Å². The van der Waals surface area contributed by atoms with Gasteiger partial charge in [0.25, 0.3) is 0 Å². The molecule has 2 atom stereocenters. The van der Waals surface area contributed by atoms with Gasteiger partial charge in [0.05, 0.1) is 19.6 Å². The molecule has 1 aromatic carbocycles. The Balaban J connectivity index is 0.00000312. The topological polar surface area (TPSA) is 59.6 Å². The number of hydrogen-bond donors (Lipinski definition) is 2. The summed E-state index contributed by atoms with van der Waals surface area (Å²) in [5.41, 5.74) is 0.899. The number of rotatable bonds is 7. The summed E-state index contributed by atoms with van der Waals surface area (Å²) in [6.45, 7) is 8.13. The molecule has 1 aliphatic rings. The van der Waals surface area contributed by atoms with Crippen LogP contribution >= 0.6 is 28.3 Å². The van der Waals surface area contributed by atoms with E-state index in [4.69, 9.17) is 9.47 Å². The summed E-state index contributed by atoms with van der Waals surface area (Å²) < 4.78 is 12.1. The Labute approximate surface area is 164 Å². The number of amides is 1. The van der Waals surface area contributed by atoms with Crippen molar-refractivity contribution < 1.29 is 14.3 Å². The third-order valence-electron chi connectivity index (χ3n) is 4.17. The lowest BCUT2D eigenvalue weighted by atomic mass is 9.99. The van der Waals surface area contributed by atoms with Crippen molar-refractivity contribution >= 4 is 34.2 Å². The van der Waals surface area contributed by atoms with Crippen molar-refractivity contribution in [1.29, 1.82) is 0 Å². The van der Waals surface area contributed by atoms with Crippen LogP contribution in [-0.2, 0) is 11.2 Å². The molecule has 1 aliphatic heterocycles. The quantitative estimate of drug-likeness (QED) is 0.688. The number of nitrogens with one attached hydrogen (secondary N) is 2. The van der Waals surface area contributed by atoms with Gasteiger partial charge in [-0.1, -0.05) is 15.9 Å². The first-order valence-electron chi connectivity index (χ1n) is 8.65. The second-order valence-corrected chi connectivity index (χ2v) is 6.85. The molecule has 0 bridgehead atoms. The Kier molecular flexibility index (Phi) is 9.61. The first kappa shape index (κ1) is 22.1. The van der Waals surface area contributed by atoms with E-state index in [1.54, 1.807) is 0 Å². The van der Waals surface area contributed by atoms with Gasteiger partial charge in [-0.15, -0.1) is 12.4 Å². The van der Waals surface area contributed by atoms with Gasteiger partial charge >= 0.3 is 0 Å². The highest BCUT2D eigenvalue weighted by atomic mass is 79.9. The van der Waals surface area contributed by atoms with Gasteiger partial charge in [-0.2, -0.15) is 0 Å². The van der Waals surface area contributed by atoms with E-state index >= 15 is 0 Å². The Morgan fingerprint density at radius 2 is 1.92 bits per heavy atom. The van der Waals surface area contributed by atoms with E-state index in [-0.39, 0.29) is 24.4 Å². The zero-order valence-electron chi connectivity index (χ0n) is 15.1. The van der Waals surface area contributed by atoms with Gasteiger partial charge in [-0.25, -0.2) is 0 Å². The molecule has 7 heteroatoms. The molecule has 2 N–H and O–H groups in total. The number of halogens is 2. The minimum absolute atomic E-state index is 0. The number of carbonyl (C=O) groups is 1. The van der Waals surface area contributed by atoms with Crippen LogP contribution < -0.4 is 20.1 Å². The molecule has 0 saturated carbocycles. The molecule has 25 heavy (non-hydrogen) atoms. The zero-order valence-corrected chi connectivity index (χ0v) is 17.5. The molecule has 0 aliphatic carbocycles. The van der Waals surface area contributed by atoms with E-state index in [9.17, 15) is 4.79 Å². The summed E-state index contributed by atoms with van der Waals surface area (Å²) in [6, 6.07) is 4.27. The van der Waals surface area contributed by atoms with E-state index in [1.165, 1.54) is 0 Å². The number of carbonyl (C=O) groups excluding carboxylic acids is 1. The molecule has 0 radical (unpaired) electrons. The minimum atomic E-state index is 0. The summed E-state index contributed by atoms with van der Waals surface area (Å²) >= 11 is 3.54. The second-order valence-electron chi connectivity index (χ2n) is 5.99. The lowest BCUT2D eigenvalue weighted by molar-refractivity contribution is -0.121. The molecule has 1 amide bonds. The van der Waals surface area contributed by atoms with Gasteiger partial charge in [-0.05, 0) is 57.9 Å². The van der Waals surface area contributed by atoms with Crippen molar-refractivity contribution in [1.82, 2.24) is 10.6 Å². The molecular weight excluding hydrogens is 408 g/mol. The Hall–Kier alpha value is -0.980. The van der Waals surface area contributed by atoms with Crippen LogP contribution in [0.4, 0.5) is 0 Å². The Morgan fingerprint density at radius 3 is 2.52 bits per heavy atom. The highest BCUT2D eigenvalue weighted by molar-refractivity contribution is 9.10. The molecule has 2 rings (SSSR count). The average molecular weight is 436 g/mol. The van der Waals surface area contributed by atoms with Crippen LogP contribution in [0.2, 0.25) is 0 Å². The normalized spacial score (nSPS) is 19.7. The van der Waals surface area contributed by atoms with Gasteiger partial charge < -0.3 is 20.1 Å². The number of hydrogen-bond acceptors (Lipinski definition) is 4. The number of piperidine rings is 1. The lowest BCUT2D eigenvalue weighted by Crippen LogP contribution is -2.52. The predicted molar refractivity (Wildman–Crippen MR) is 106 cm³/mol. The van der Waals surface area contributed by atoms with Crippen molar-refractivity contribution in [2.75, 3.05) is 19.8 Å². The monoisotopic (exact) mass is 434 g/mol. The predicted octanol–water partition coefficient (Wildman–Crippen LogP) is 3.47. The van der Waals surface area contributed by atoms with Crippen LogP contribution in [0.1, 0.15) is 39.2 Å². The summed E-state index contributed by atoms with van der Waals surface area (Å²) in [7, 11) is 0. The Bertz CT molecular complexity index is 571. The van der Waals surface area contributed by atoms with Gasteiger partial charge in [0.1, 0.15) is 0 Å². The molecule has 0 spiro atoms. The van der Waals surface area contributed by atoms with E-state index in [2.05, 4.69) is 33.5 Å². The molecule has 1 saturated heterocycles. The zero-order chi connectivity index (χ0) is 17.5. The third-order valence-corrected chi connectivity index (χ3v) is 4.91. The number of ether oxygens (including phenoxy) is 2. The fourth-order valence-electron chi connectivity index (χ4n) is 2.92. The minimum Gasteiger partial charge on any atom is -0.490 e. The maximum absolute atomic E-state index is 12.4. The molecule has 1 aromatic rings. The van der Waals surface area contributed by atoms with E-state index in [0.717, 1.165) is 29.4 Å². The largest absolute Gasteiger partial charge is 0.490 e. The SMILES string of the molecule is CCOc1cc(Br)c(CC(=O)NC2CCCNC2C)cc1OCC.Cl. The molecule has 1 heterocycles. The molecule has 0 aromatic heterocycles. The van der Waals surface area contributed by atoms with E-state index in [1.807, 2.05) is 26.0 Å². The van der Waals surface area contributed by atoms with E-state index in [0.29, 0.717) is 37.2 Å². The van der Waals surface area contributed by atoms with Crippen molar-refractivity contribution in [2.45, 2.75) is 52.1 Å². The van der Waals surface area contributed by atoms with Crippen LogP contribution in [0.25, 0.3) is 0 Å². The van der Waals surface area contributed by atoms with Gasteiger partial charge in [0, 0.05) is 16.6 Å². The number of benzene rings is 1. The third kappa shape index (κ3) is 6.35. The van der Waals surface area contributed by atoms with Crippen LogP contribution in [0.15, 0.2) is 16.6 Å². The van der Waals surface area contributed by atoms with Crippen molar-refractivity contribution in [3.63, 3.8) is 0 Å². The van der Waals surface area contributed by atoms with Gasteiger partial charge in [0.2, 0.25) is 5.91 Å². The summed E-state index contributed by atoms with van der Waals surface area (Å²) in [5.74, 6) is 1.40.